The second-order valence-electron chi connectivity index (χ2n) is 5.27. The number of rotatable bonds is 9. The molecule has 1 aliphatic carbocycles. The molecule has 0 bridgehead atoms. The Labute approximate surface area is 145 Å². The Balaban J connectivity index is 0.00000242. The predicted molar refractivity (Wildman–Crippen MR) is 91.5 cm³/mol. The second kappa shape index (κ2) is 10.0. The van der Waals surface area contributed by atoms with Crippen LogP contribution < -0.4 is 15.4 Å². The van der Waals surface area contributed by atoms with Crippen LogP contribution in [0.15, 0.2) is 28.7 Å². The molecule has 124 valence electrons. The number of amides is 1. The Morgan fingerprint density at radius 3 is 2.82 bits per heavy atom. The monoisotopic (exact) mass is 392 g/mol. The highest BCUT2D eigenvalue weighted by Gasteiger charge is 2.20. The van der Waals surface area contributed by atoms with Gasteiger partial charge in [0.05, 0.1) is 11.0 Å². The maximum atomic E-state index is 11.5. The van der Waals surface area contributed by atoms with Crippen molar-refractivity contribution in [2.45, 2.75) is 18.9 Å². The van der Waals surface area contributed by atoms with Crippen molar-refractivity contribution in [2.24, 2.45) is 5.92 Å². The zero-order valence-corrected chi connectivity index (χ0v) is 14.7. The first-order valence-electron chi connectivity index (χ1n) is 7.18. The molecule has 0 radical (unpaired) electrons. The summed E-state index contributed by atoms with van der Waals surface area (Å²) in [5.74, 6) is 1.32. The van der Waals surface area contributed by atoms with Crippen molar-refractivity contribution >= 4 is 34.2 Å². The van der Waals surface area contributed by atoms with E-state index in [0.29, 0.717) is 12.3 Å². The molecule has 0 saturated heterocycles. The summed E-state index contributed by atoms with van der Waals surface area (Å²) in [6, 6.07) is 7.44. The molecule has 1 aliphatic rings. The van der Waals surface area contributed by atoms with E-state index in [-0.39, 0.29) is 31.5 Å². The van der Waals surface area contributed by atoms with E-state index < -0.39 is 6.10 Å². The van der Waals surface area contributed by atoms with Gasteiger partial charge in [0.2, 0.25) is 5.91 Å². The Bertz CT molecular complexity index is 472. The highest BCUT2D eigenvalue weighted by molar-refractivity contribution is 9.10. The van der Waals surface area contributed by atoms with E-state index >= 15 is 0 Å². The lowest BCUT2D eigenvalue weighted by atomic mass is 10.3. The molecule has 1 amide bonds. The minimum Gasteiger partial charge on any atom is -0.490 e. The molecule has 1 saturated carbocycles. The Morgan fingerprint density at radius 2 is 2.14 bits per heavy atom. The number of carbonyl (C=O) groups is 1. The number of halogens is 2. The van der Waals surface area contributed by atoms with Crippen molar-refractivity contribution < 1.29 is 14.6 Å². The highest BCUT2D eigenvalue weighted by Crippen LogP contribution is 2.27. The summed E-state index contributed by atoms with van der Waals surface area (Å²) in [4.78, 5) is 11.5. The molecule has 1 atom stereocenters. The molecule has 3 N–H and O–H groups in total. The van der Waals surface area contributed by atoms with Crippen molar-refractivity contribution in [3.05, 3.63) is 28.7 Å². The van der Waals surface area contributed by atoms with Crippen LogP contribution in [0.3, 0.4) is 0 Å². The van der Waals surface area contributed by atoms with E-state index in [0.717, 1.165) is 16.9 Å². The summed E-state index contributed by atoms with van der Waals surface area (Å²) in [7, 11) is 0. The van der Waals surface area contributed by atoms with Crippen LogP contribution in [0.5, 0.6) is 5.75 Å². The van der Waals surface area contributed by atoms with Crippen molar-refractivity contribution in [2.75, 3.05) is 26.2 Å². The van der Waals surface area contributed by atoms with Crippen molar-refractivity contribution in [1.82, 2.24) is 10.6 Å². The number of aliphatic hydroxyl groups is 1. The zero-order chi connectivity index (χ0) is 15.1. The molecule has 0 spiro atoms. The van der Waals surface area contributed by atoms with Gasteiger partial charge in [-0.25, -0.2) is 0 Å². The highest BCUT2D eigenvalue weighted by atomic mass is 79.9. The van der Waals surface area contributed by atoms with Gasteiger partial charge in [0.15, 0.2) is 0 Å². The van der Waals surface area contributed by atoms with E-state index in [1.54, 1.807) is 0 Å². The molecule has 0 aliphatic heterocycles. The van der Waals surface area contributed by atoms with Crippen LogP contribution in [0.25, 0.3) is 0 Å². The molecule has 7 heteroatoms. The summed E-state index contributed by atoms with van der Waals surface area (Å²) in [6.45, 7) is 1.53. The number of benzene rings is 1. The standard InChI is InChI=1S/C15H21BrN2O3.ClH/c16-13-3-1-2-4-14(13)21-10-12(19)8-18-15(20)9-17-7-11-5-6-11;/h1-4,11-12,17,19H,5-10H2,(H,18,20);1H. The molecular weight excluding hydrogens is 372 g/mol. The van der Waals surface area contributed by atoms with Crippen LogP contribution in [-0.4, -0.2) is 43.4 Å². The molecule has 0 aromatic heterocycles. The summed E-state index contributed by atoms with van der Waals surface area (Å²) >= 11 is 3.37. The number of ether oxygens (including phenoxy) is 1. The van der Waals surface area contributed by atoms with Crippen LogP contribution in [0, 0.1) is 5.92 Å². The number of hydrogen-bond acceptors (Lipinski definition) is 4. The Kier molecular flexibility index (Phi) is 8.78. The average molecular weight is 394 g/mol. The summed E-state index contributed by atoms with van der Waals surface area (Å²) in [5, 5.41) is 15.6. The van der Waals surface area contributed by atoms with Gasteiger partial charge in [-0.15, -0.1) is 12.4 Å². The molecule has 1 aromatic carbocycles. The first kappa shape index (κ1) is 19.2. The molecule has 1 aromatic rings. The molecule has 0 heterocycles. The molecular formula is C15H22BrClN2O3. The topological polar surface area (TPSA) is 70.6 Å². The largest absolute Gasteiger partial charge is 0.490 e. The first-order valence-corrected chi connectivity index (χ1v) is 7.97. The van der Waals surface area contributed by atoms with E-state index in [1.807, 2.05) is 24.3 Å². The lowest BCUT2D eigenvalue weighted by Gasteiger charge is -2.14. The van der Waals surface area contributed by atoms with Gasteiger partial charge in [0.25, 0.3) is 0 Å². The fourth-order valence-corrected chi connectivity index (χ4v) is 2.21. The minimum atomic E-state index is -0.732. The van der Waals surface area contributed by atoms with Gasteiger partial charge in [0, 0.05) is 6.54 Å². The first-order chi connectivity index (χ1) is 10.1. The average Bonchev–Trinajstić information content (AvgIpc) is 3.28. The SMILES string of the molecule is Cl.O=C(CNCC1CC1)NCC(O)COc1ccccc1Br. The van der Waals surface area contributed by atoms with Crippen molar-refractivity contribution in [1.29, 1.82) is 0 Å². The number of carbonyl (C=O) groups excluding carboxylic acids is 1. The van der Waals surface area contributed by atoms with Crippen molar-refractivity contribution in [3.8, 4) is 5.75 Å². The van der Waals surface area contributed by atoms with Crippen LogP contribution in [-0.2, 0) is 4.79 Å². The van der Waals surface area contributed by atoms with Crippen LogP contribution in [0.2, 0.25) is 0 Å². The molecule has 22 heavy (non-hydrogen) atoms. The van der Waals surface area contributed by atoms with E-state index in [1.165, 1.54) is 12.8 Å². The predicted octanol–water partition coefficient (Wildman–Crippen LogP) is 1.73. The third-order valence-corrected chi connectivity index (χ3v) is 3.87. The fraction of sp³-hybridized carbons (Fsp3) is 0.533. The quantitative estimate of drug-likeness (QED) is 0.597. The Hall–Kier alpha value is -0.820. The normalized spacial score (nSPS) is 14.8. The number of nitrogens with one attached hydrogen (secondary N) is 2. The number of aliphatic hydroxyl groups excluding tert-OH is 1. The summed E-state index contributed by atoms with van der Waals surface area (Å²) in [5.41, 5.74) is 0. The molecule has 5 nitrogen and oxygen atoms in total. The minimum absolute atomic E-state index is 0. The van der Waals surface area contributed by atoms with Crippen LogP contribution >= 0.6 is 28.3 Å². The van der Waals surface area contributed by atoms with E-state index in [9.17, 15) is 9.90 Å². The smallest absolute Gasteiger partial charge is 0.234 e. The number of para-hydroxylation sites is 1. The van der Waals surface area contributed by atoms with Gasteiger partial charge < -0.3 is 20.5 Å². The van der Waals surface area contributed by atoms with Gasteiger partial charge in [-0.1, -0.05) is 12.1 Å². The van der Waals surface area contributed by atoms with Gasteiger partial charge >= 0.3 is 0 Å². The zero-order valence-electron chi connectivity index (χ0n) is 12.3. The van der Waals surface area contributed by atoms with Crippen LogP contribution in [0.4, 0.5) is 0 Å². The Morgan fingerprint density at radius 1 is 1.41 bits per heavy atom. The summed E-state index contributed by atoms with van der Waals surface area (Å²) in [6.07, 6.45) is 1.80. The van der Waals surface area contributed by atoms with Crippen LogP contribution in [0.1, 0.15) is 12.8 Å². The van der Waals surface area contributed by atoms with E-state index in [4.69, 9.17) is 4.74 Å². The maximum absolute atomic E-state index is 11.5. The fourth-order valence-electron chi connectivity index (χ4n) is 1.81. The molecule has 2 rings (SSSR count). The van der Waals surface area contributed by atoms with Gasteiger partial charge in [0.1, 0.15) is 18.5 Å². The number of hydrogen-bond donors (Lipinski definition) is 3. The molecule has 1 unspecified atom stereocenters. The van der Waals surface area contributed by atoms with Gasteiger partial charge in [-0.2, -0.15) is 0 Å². The van der Waals surface area contributed by atoms with E-state index in [2.05, 4.69) is 26.6 Å². The maximum Gasteiger partial charge on any atom is 0.234 e. The second-order valence-corrected chi connectivity index (χ2v) is 6.13. The van der Waals surface area contributed by atoms with Gasteiger partial charge in [-0.05, 0) is 53.4 Å². The third kappa shape index (κ3) is 7.45. The molecule has 1 fully saturated rings. The lowest BCUT2D eigenvalue weighted by Crippen LogP contribution is -2.40. The van der Waals surface area contributed by atoms with Gasteiger partial charge in [-0.3, -0.25) is 4.79 Å². The lowest BCUT2D eigenvalue weighted by molar-refractivity contribution is -0.120. The van der Waals surface area contributed by atoms with Crippen molar-refractivity contribution in [3.63, 3.8) is 0 Å². The summed E-state index contributed by atoms with van der Waals surface area (Å²) < 4.78 is 6.33. The third-order valence-electron chi connectivity index (χ3n) is 3.22.